The molecule has 1 atom stereocenters. The maximum Gasteiger partial charge on any atom is 0.306 e. The first-order valence-corrected chi connectivity index (χ1v) is 26.1. The Morgan fingerprint density at radius 2 is 0.672 bits per heavy atom. The minimum atomic E-state index is -0.610. The fourth-order valence-corrected chi connectivity index (χ4v) is 6.73. The van der Waals surface area contributed by atoms with E-state index in [1.165, 1.54) is 89.9 Å². The minimum Gasteiger partial charge on any atom is -0.462 e. The summed E-state index contributed by atoms with van der Waals surface area (Å²) in [5.41, 5.74) is 0. The van der Waals surface area contributed by atoms with E-state index in [1.807, 2.05) is 12.2 Å². The van der Waals surface area contributed by atoms with Crippen LogP contribution < -0.4 is 0 Å². The zero-order valence-corrected chi connectivity index (χ0v) is 41.5. The molecule has 1 unspecified atom stereocenters. The second kappa shape index (κ2) is 53.6. The average Bonchev–Trinajstić information content (AvgIpc) is 3.30. The third kappa shape index (κ3) is 50.9. The lowest BCUT2D eigenvalue weighted by atomic mass is 10.0. The number of allylic oxidation sites excluding steroid dienone is 20. The Morgan fingerprint density at radius 1 is 0.359 bits per heavy atom. The third-order valence-electron chi connectivity index (χ3n) is 10.5. The van der Waals surface area contributed by atoms with Crippen LogP contribution in [0.15, 0.2) is 122 Å². The van der Waals surface area contributed by atoms with Gasteiger partial charge in [-0.2, -0.15) is 0 Å². The predicted molar refractivity (Wildman–Crippen MR) is 279 cm³/mol. The first-order chi connectivity index (χ1) is 31.6. The number of rotatable bonds is 46. The lowest BCUT2D eigenvalue weighted by molar-refractivity contribution is -0.162. The highest BCUT2D eigenvalue weighted by atomic mass is 16.6. The van der Waals surface area contributed by atoms with Crippen LogP contribution in [0.2, 0.25) is 0 Å². The largest absolute Gasteiger partial charge is 0.462 e. The molecule has 362 valence electrons. The Morgan fingerprint density at radius 3 is 1.03 bits per heavy atom. The van der Waals surface area contributed by atoms with Gasteiger partial charge in [-0.05, 0) is 83.5 Å². The number of carbonyl (C=O) groups excluding carboxylic acids is 2. The Balaban J connectivity index is 4.46. The highest BCUT2D eigenvalue weighted by Gasteiger charge is 2.17. The maximum absolute atomic E-state index is 12.7. The fourth-order valence-electron chi connectivity index (χ4n) is 6.73. The third-order valence-corrected chi connectivity index (χ3v) is 10.5. The van der Waals surface area contributed by atoms with Crippen LogP contribution in [-0.2, 0) is 23.8 Å². The summed E-state index contributed by atoms with van der Waals surface area (Å²) in [6.45, 7) is 7.44. The van der Waals surface area contributed by atoms with E-state index in [-0.39, 0.29) is 38.0 Å². The summed E-state index contributed by atoms with van der Waals surface area (Å²) in [4.78, 5) is 25.3. The molecule has 0 rings (SSSR count). The highest BCUT2D eigenvalue weighted by molar-refractivity contribution is 5.70. The van der Waals surface area contributed by atoms with Crippen molar-refractivity contribution in [2.24, 2.45) is 0 Å². The minimum absolute atomic E-state index is 0.0112. The number of hydrogen-bond donors (Lipinski definition) is 0. The SMILES string of the molecule is CC/C=C\C/C=C\C/C=C\C/C=C\C/C=C\C/C=C\CCC(=O)OCC(COCCCCCCCCCCCCCCCCCC)OC(=O)CC/C=C\C/C=C\C/C=C\C/C=C\CC. The first kappa shape index (κ1) is 60.3. The van der Waals surface area contributed by atoms with Crippen molar-refractivity contribution in [3.8, 4) is 0 Å². The van der Waals surface area contributed by atoms with Gasteiger partial charge in [-0.25, -0.2) is 0 Å². The Bertz CT molecular complexity index is 1320. The summed E-state index contributed by atoms with van der Waals surface area (Å²) in [5, 5.41) is 0. The van der Waals surface area contributed by atoms with Crippen LogP contribution in [0.5, 0.6) is 0 Å². The van der Waals surface area contributed by atoms with Crippen LogP contribution in [0.25, 0.3) is 0 Å². The van der Waals surface area contributed by atoms with Gasteiger partial charge in [-0.1, -0.05) is 239 Å². The molecule has 0 radical (unpaired) electrons. The van der Waals surface area contributed by atoms with E-state index in [2.05, 4.69) is 130 Å². The van der Waals surface area contributed by atoms with Crippen molar-refractivity contribution in [1.29, 1.82) is 0 Å². The summed E-state index contributed by atoms with van der Waals surface area (Å²) in [6, 6.07) is 0. The summed E-state index contributed by atoms with van der Waals surface area (Å²) < 4.78 is 17.3. The van der Waals surface area contributed by atoms with Crippen molar-refractivity contribution >= 4 is 11.9 Å². The van der Waals surface area contributed by atoms with Crippen molar-refractivity contribution in [2.75, 3.05) is 19.8 Å². The number of ether oxygens (including phenoxy) is 3. The van der Waals surface area contributed by atoms with Gasteiger partial charge < -0.3 is 14.2 Å². The molecule has 0 saturated heterocycles. The molecule has 0 amide bonds. The molecule has 0 fully saturated rings. The Kier molecular flexibility index (Phi) is 50.5. The maximum atomic E-state index is 12.7. The molecule has 0 heterocycles. The van der Waals surface area contributed by atoms with Gasteiger partial charge in [0.15, 0.2) is 6.10 Å². The van der Waals surface area contributed by atoms with Gasteiger partial charge in [0, 0.05) is 19.4 Å². The van der Waals surface area contributed by atoms with E-state index in [1.54, 1.807) is 0 Å². The van der Waals surface area contributed by atoms with Gasteiger partial charge in [-0.15, -0.1) is 0 Å². The molecule has 0 N–H and O–H groups in total. The highest BCUT2D eigenvalue weighted by Crippen LogP contribution is 2.14. The van der Waals surface area contributed by atoms with Crippen molar-refractivity contribution < 1.29 is 23.8 Å². The molecule has 0 bridgehead atoms. The van der Waals surface area contributed by atoms with Crippen LogP contribution in [0.4, 0.5) is 0 Å². The van der Waals surface area contributed by atoms with E-state index < -0.39 is 6.10 Å². The summed E-state index contributed by atoms with van der Waals surface area (Å²) in [6.07, 6.45) is 75.2. The summed E-state index contributed by atoms with van der Waals surface area (Å²) in [5.74, 6) is -0.592. The number of esters is 2. The van der Waals surface area contributed by atoms with E-state index in [0.29, 0.717) is 19.4 Å². The molecule has 0 aliphatic rings. The predicted octanol–water partition coefficient (Wildman–Crippen LogP) is 17.8. The molecular weight excluding hydrogens is 789 g/mol. The molecular formula is C59H96O5. The molecule has 0 aromatic rings. The Hall–Kier alpha value is -3.70. The molecule has 0 saturated carbocycles. The number of carbonyl (C=O) groups is 2. The zero-order chi connectivity index (χ0) is 46.3. The molecule has 0 aliphatic carbocycles. The Labute approximate surface area is 395 Å². The molecule has 0 spiro atoms. The smallest absolute Gasteiger partial charge is 0.306 e. The molecule has 0 aromatic carbocycles. The van der Waals surface area contributed by atoms with Gasteiger partial charge >= 0.3 is 11.9 Å². The van der Waals surface area contributed by atoms with Crippen LogP contribution in [0, 0.1) is 0 Å². The molecule has 5 heteroatoms. The van der Waals surface area contributed by atoms with Gasteiger partial charge in [-0.3, -0.25) is 9.59 Å². The van der Waals surface area contributed by atoms with Crippen LogP contribution in [0.3, 0.4) is 0 Å². The lowest BCUT2D eigenvalue weighted by Gasteiger charge is -2.18. The monoisotopic (exact) mass is 885 g/mol. The number of unbranched alkanes of at least 4 members (excludes halogenated alkanes) is 15. The van der Waals surface area contributed by atoms with Crippen molar-refractivity contribution in [1.82, 2.24) is 0 Å². The zero-order valence-electron chi connectivity index (χ0n) is 41.5. The quantitative estimate of drug-likeness (QED) is 0.0346. The van der Waals surface area contributed by atoms with Crippen molar-refractivity contribution in [2.45, 2.75) is 219 Å². The molecule has 0 aliphatic heterocycles. The van der Waals surface area contributed by atoms with Crippen molar-refractivity contribution in [3.05, 3.63) is 122 Å². The van der Waals surface area contributed by atoms with E-state index in [0.717, 1.165) is 77.0 Å². The lowest BCUT2D eigenvalue weighted by Crippen LogP contribution is -2.30. The summed E-state index contributed by atoms with van der Waals surface area (Å²) in [7, 11) is 0. The van der Waals surface area contributed by atoms with Crippen LogP contribution >= 0.6 is 0 Å². The van der Waals surface area contributed by atoms with Crippen LogP contribution in [0.1, 0.15) is 213 Å². The van der Waals surface area contributed by atoms with E-state index >= 15 is 0 Å². The number of hydrogen-bond acceptors (Lipinski definition) is 5. The van der Waals surface area contributed by atoms with Crippen molar-refractivity contribution in [3.63, 3.8) is 0 Å². The first-order valence-electron chi connectivity index (χ1n) is 26.1. The average molecular weight is 885 g/mol. The fraction of sp³-hybridized carbons (Fsp3) is 0.627. The molecule has 64 heavy (non-hydrogen) atoms. The van der Waals surface area contributed by atoms with Gasteiger partial charge in [0.05, 0.1) is 6.61 Å². The van der Waals surface area contributed by atoms with E-state index in [9.17, 15) is 9.59 Å². The van der Waals surface area contributed by atoms with E-state index in [4.69, 9.17) is 14.2 Å². The standard InChI is InChI=1S/C59H96O5/c1-4-7-10-13-16-19-22-25-27-29-30-31-32-35-37-40-43-46-49-52-58(60)63-56-57(64-59(61)53-50-47-44-41-38-34-24-21-18-15-12-9-6-3)55-62-54-51-48-45-42-39-36-33-28-26-23-20-17-14-11-8-5-2/h7,9-10,12,16,18-19,21,25,27,30-31,34-35,37-38,43-44,46-47,57H,4-6,8,11,13-15,17,20,22-24,26,28-29,32-33,36,39-42,45,48-56H2,1-3H3/b10-7-,12-9-,19-16-,21-18-,27-25-,31-30-,37-35-,38-34-,46-43-,47-44-. The molecule has 5 nitrogen and oxygen atoms in total. The van der Waals surface area contributed by atoms with Gasteiger partial charge in [0.25, 0.3) is 0 Å². The van der Waals surface area contributed by atoms with Crippen LogP contribution in [-0.4, -0.2) is 37.9 Å². The van der Waals surface area contributed by atoms with Gasteiger partial charge in [0.2, 0.25) is 0 Å². The topological polar surface area (TPSA) is 61.8 Å². The second-order valence-electron chi connectivity index (χ2n) is 16.7. The summed E-state index contributed by atoms with van der Waals surface area (Å²) >= 11 is 0. The molecule has 0 aromatic heterocycles. The second-order valence-corrected chi connectivity index (χ2v) is 16.7. The normalized spacial score (nSPS) is 13.2. The van der Waals surface area contributed by atoms with Gasteiger partial charge in [0.1, 0.15) is 6.61 Å².